The van der Waals surface area contributed by atoms with E-state index in [1.54, 1.807) is 0 Å². The Labute approximate surface area is 70.7 Å². The molecule has 0 radical (unpaired) electrons. The first kappa shape index (κ1) is 10.5. The Morgan fingerprint density at radius 3 is 1.70 bits per heavy atom. The van der Waals surface area contributed by atoms with Gasteiger partial charge < -0.3 is 0 Å². The smallest absolute Gasteiger partial charge is 0.150 e. The zero-order valence-corrected chi connectivity index (χ0v) is 9.55. The fourth-order valence-electron chi connectivity index (χ4n) is 0.672. The van der Waals surface area contributed by atoms with E-state index in [2.05, 4.69) is 33.9 Å². The van der Waals surface area contributed by atoms with Crippen molar-refractivity contribution in [2.45, 2.75) is 46.3 Å². The lowest BCUT2D eigenvalue weighted by Crippen LogP contribution is -2.19. The first-order valence-electron chi connectivity index (χ1n) is 3.90. The fraction of sp³-hybridized carbons (Fsp3) is 1.00. The van der Waals surface area contributed by atoms with Crippen LogP contribution in [0, 0.1) is 5.41 Å². The number of hydrogen-bond acceptors (Lipinski definition) is 0. The van der Waals surface area contributed by atoms with Crippen LogP contribution >= 0.6 is 11.1 Å². The highest BCUT2D eigenvalue weighted by molar-refractivity contribution is 7.19. The molecule has 0 aliphatic rings. The molecule has 0 aromatic heterocycles. The molecule has 10 heavy (non-hydrogen) atoms. The van der Waals surface area contributed by atoms with Gasteiger partial charge in [0, 0.05) is 0 Å². The van der Waals surface area contributed by atoms with Crippen LogP contribution in [0.15, 0.2) is 0 Å². The second-order valence-corrected chi connectivity index (χ2v) is 11.8. The zero-order chi connectivity index (χ0) is 8.41. The van der Waals surface area contributed by atoms with E-state index in [0.29, 0.717) is 5.41 Å². The number of rotatable bonds is 2. The molecule has 0 fully saturated rings. The summed E-state index contributed by atoms with van der Waals surface area (Å²) in [5.41, 5.74) is 0.457. The minimum atomic E-state index is -1.29. The molecule has 0 nitrogen and oxygen atoms in total. The van der Waals surface area contributed by atoms with Gasteiger partial charge in [-0.15, -0.1) is 0 Å². The first-order valence-corrected chi connectivity index (χ1v) is 8.12. The highest BCUT2D eigenvalue weighted by atomic mass is 35.6. The molecule has 0 aliphatic heterocycles. The molecule has 0 N–H and O–H groups in total. The van der Waals surface area contributed by atoms with Crippen LogP contribution < -0.4 is 0 Å². The van der Waals surface area contributed by atoms with Gasteiger partial charge in [-0.05, 0) is 17.9 Å². The molecule has 0 heterocycles. The Morgan fingerprint density at radius 2 is 1.60 bits per heavy atom. The molecule has 0 amide bonds. The third-order valence-electron chi connectivity index (χ3n) is 1.47. The minimum absolute atomic E-state index is 0.457. The Bertz CT molecular complexity index is 82.8. The highest BCUT2D eigenvalue weighted by Crippen LogP contribution is 2.27. The van der Waals surface area contributed by atoms with Crippen LogP contribution in [-0.2, 0) is 0 Å². The number of halogens is 1. The molecular weight excluding hydrogens is 160 g/mol. The SMILES string of the molecule is CC(C)(C)CC[Si](C)(C)Cl. The summed E-state index contributed by atoms with van der Waals surface area (Å²) in [6, 6.07) is 1.23. The van der Waals surface area contributed by atoms with Gasteiger partial charge in [0.1, 0.15) is 0 Å². The Hall–Kier alpha value is 0.507. The second-order valence-electron chi connectivity index (χ2n) is 4.78. The van der Waals surface area contributed by atoms with Crippen molar-refractivity contribution in [3.8, 4) is 0 Å². The van der Waals surface area contributed by atoms with E-state index in [9.17, 15) is 0 Å². The van der Waals surface area contributed by atoms with E-state index in [0.717, 1.165) is 0 Å². The summed E-state index contributed by atoms with van der Waals surface area (Å²) in [6.07, 6.45) is 1.26. The van der Waals surface area contributed by atoms with Crippen molar-refractivity contribution in [2.75, 3.05) is 0 Å². The summed E-state index contributed by atoms with van der Waals surface area (Å²) < 4.78 is 0. The van der Waals surface area contributed by atoms with E-state index >= 15 is 0 Å². The first-order chi connectivity index (χ1) is 4.21. The molecule has 0 atom stereocenters. The molecule has 62 valence electrons. The van der Waals surface area contributed by atoms with Gasteiger partial charge in [-0.25, -0.2) is 0 Å². The van der Waals surface area contributed by atoms with Crippen LogP contribution in [-0.4, -0.2) is 7.38 Å². The van der Waals surface area contributed by atoms with E-state index in [-0.39, 0.29) is 0 Å². The number of hydrogen-bond donors (Lipinski definition) is 0. The lowest BCUT2D eigenvalue weighted by atomic mass is 9.94. The molecule has 0 saturated heterocycles. The zero-order valence-electron chi connectivity index (χ0n) is 7.79. The summed E-state index contributed by atoms with van der Waals surface area (Å²) in [4.78, 5) is 0. The maximum absolute atomic E-state index is 6.18. The molecule has 0 aromatic rings. The Balaban J connectivity index is 3.56. The van der Waals surface area contributed by atoms with Crippen LogP contribution in [0.25, 0.3) is 0 Å². The summed E-state index contributed by atoms with van der Waals surface area (Å²) in [6.45, 7) is 11.2. The molecule has 0 rings (SSSR count). The maximum Gasteiger partial charge on any atom is 0.150 e. The molecule has 0 unspecified atom stereocenters. The van der Waals surface area contributed by atoms with Crippen molar-refractivity contribution in [1.29, 1.82) is 0 Å². The van der Waals surface area contributed by atoms with Gasteiger partial charge in [-0.3, -0.25) is 0 Å². The summed E-state index contributed by atoms with van der Waals surface area (Å²) in [5.74, 6) is 0. The monoisotopic (exact) mass is 178 g/mol. The van der Waals surface area contributed by atoms with Gasteiger partial charge in [0.15, 0.2) is 7.38 Å². The van der Waals surface area contributed by atoms with E-state index in [1.807, 2.05) is 0 Å². The Kier molecular flexibility index (Phi) is 3.43. The van der Waals surface area contributed by atoms with Gasteiger partial charge in [0.2, 0.25) is 0 Å². The topological polar surface area (TPSA) is 0 Å². The summed E-state index contributed by atoms with van der Waals surface area (Å²) in [5, 5.41) is 0. The van der Waals surface area contributed by atoms with Gasteiger partial charge in [0.05, 0.1) is 0 Å². The maximum atomic E-state index is 6.18. The van der Waals surface area contributed by atoms with E-state index in [1.165, 1.54) is 12.5 Å². The minimum Gasteiger partial charge on any atom is -0.168 e. The largest absolute Gasteiger partial charge is 0.168 e. The van der Waals surface area contributed by atoms with Gasteiger partial charge in [0.25, 0.3) is 0 Å². The molecule has 0 bridgehead atoms. The van der Waals surface area contributed by atoms with Gasteiger partial charge >= 0.3 is 0 Å². The quantitative estimate of drug-likeness (QED) is 0.445. The van der Waals surface area contributed by atoms with Crippen LogP contribution in [0.1, 0.15) is 27.2 Å². The van der Waals surface area contributed by atoms with Crippen LogP contribution in [0.2, 0.25) is 19.1 Å². The van der Waals surface area contributed by atoms with Crippen molar-refractivity contribution in [2.24, 2.45) is 5.41 Å². The summed E-state index contributed by atoms with van der Waals surface area (Å²) in [7, 11) is -1.29. The summed E-state index contributed by atoms with van der Waals surface area (Å²) >= 11 is 6.18. The Morgan fingerprint density at radius 1 is 1.20 bits per heavy atom. The average molecular weight is 179 g/mol. The van der Waals surface area contributed by atoms with Crippen molar-refractivity contribution >= 4 is 18.5 Å². The van der Waals surface area contributed by atoms with Crippen LogP contribution in [0.4, 0.5) is 0 Å². The van der Waals surface area contributed by atoms with Gasteiger partial charge in [-0.1, -0.05) is 33.9 Å². The lowest BCUT2D eigenvalue weighted by Gasteiger charge is -2.21. The third kappa shape index (κ3) is 8.51. The molecule has 0 spiro atoms. The van der Waals surface area contributed by atoms with Crippen molar-refractivity contribution < 1.29 is 0 Å². The van der Waals surface area contributed by atoms with Crippen molar-refractivity contribution in [3.05, 3.63) is 0 Å². The third-order valence-corrected chi connectivity index (χ3v) is 3.48. The predicted octanol–water partition coefficient (Wildman–Crippen LogP) is 3.87. The van der Waals surface area contributed by atoms with Crippen molar-refractivity contribution in [3.63, 3.8) is 0 Å². The van der Waals surface area contributed by atoms with E-state index in [4.69, 9.17) is 11.1 Å². The molecule has 0 saturated carbocycles. The predicted molar refractivity (Wildman–Crippen MR) is 52.2 cm³/mol. The molecule has 2 heteroatoms. The lowest BCUT2D eigenvalue weighted by molar-refractivity contribution is 0.396. The second kappa shape index (κ2) is 3.27. The normalized spacial score (nSPS) is 13.8. The van der Waals surface area contributed by atoms with Gasteiger partial charge in [-0.2, -0.15) is 11.1 Å². The highest BCUT2D eigenvalue weighted by Gasteiger charge is 2.20. The van der Waals surface area contributed by atoms with Crippen molar-refractivity contribution in [1.82, 2.24) is 0 Å². The van der Waals surface area contributed by atoms with Crippen LogP contribution in [0.5, 0.6) is 0 Å². The van der Waals surface area contributed by atoms with E-state index < -0.39 is 7.38 Å². The van der Waals surface area contributed by atoms with Crippen LogP contribution in [0.3, 0.4) is 0 Å². The molecule has 0 aromatic carbocycles. The fourth-order valence-corrected chi connectivity index (χ4v) is 2.30. The standard InChI is InChI=1S/C8H19ClSi/c1-8(2,3)6-7-10(4,5)9/h6-7H2,1-5H3. The average Bonchev–Trinajstić information content (AvgIpc) is 1.57. The molecule has 0 aliphatic carbocycles. The molecular formula is C8H19ClSi.